The summed E-state index contributed by atoms with van der Waals surface area (Å²) < 4.78 is 16.8. The largest absolute Gasteiger partial charge is 0.462 e. The zero-order valence-corrected chi connectivity index (χ0v) is 42.0. The first-order chi connectivity index (χ1) is 31.5. The molecule has 0 aliphatic rings. The SMILES string of the molecule is CC\C=C/C=C\C=C/CCCCCCCC(=O)OCC(COC(=O)CCC/C=C\C/C=C\C/C=C\CCCCCCCC)OC(=O)CCCCCCCCCCCCCCCCCC. The fourth-order valence-electron chi connectivity index (χ4n) is 7.46. The van der Waals surface area contributed by atoms with E-state index in [0.29, 0.717) is 19.3 Å². The van der Waals surface area contributed by atoms with E-state index in [1.165, 1.54) is 128 Å². The Morgan fingerprint density at radius 3 is 1.14 bits per heavy atom. The molecule has 1 atom stereocenters. The van der Waals surface area contributed by atoms with Crippen molar-refractivity contribution < 1.29 is 28.6 Å². The predicted molar refractivity (Wildman–Crippen MR) is 274 cm³/mol. The molecule has 368 valence electrons. The van der Waals surface area contributed by atoms with Crippen molar-refractivity contribution in [3.05, 3.63) is 72.9 Å². The van der Waals surface area contributed by atoms with E-state index in [2.05, 4.69) is 93.7 Å². The first-order valence-corrected chi connectivity index (χ1v) is 27.0. The lowest BCUT2D eigenvalue weighted by Gasteiger charge is -2.18. The fraction of sp³-hybridized carbons (Fsp3) is 0.741. The number of carbonyl (C=O) groups is 3. The molecule has 0 spiro atoms. The average molecular weight is 893 g/mol. The van der Waals surface area contributed by atoms with Gasteiger partial charge in [-0.25, -0.2) is 0 Å². The molecule has 0 rings (SSSR count). The Morgan fingerprint density at radius 2 is 0.688 bits per heavy atom. The van der Waals surface area contributed by atoms with E-state index >= 15 is 0 Å². The molecule has 0 saturated heterocycles. The summed E-state index contributed by atoms with van der Waals surface area (Å²) >= 11 is 0. The van der Waals surface area contributed by atoms with Crippen LogP contribution < -0.4 is 0 Å². The molecule has 0 aliphatic heterocycles. The molecule has 0 bridgehead atoms. The van der Waals surface area contributed by atoms with Crippen LogP contribution in [0.15, 0.2) is 72.9 Å². The molecule has 0 N–H and O–H groups in total. The van der Waals surface area contributed by atoms with E-state index in [1.807, 2.05) is 0 Å². The molecular weight excluding hydrogens is 793 g/mol. The van der Waals surface area contributed by atoms with E-state index in [-0.39, 0.29) is 37.5 Å². The Bertz CT molecular complexity index is 1210. The van der Waals surface area contributed by atoms with E-state index in [0.717, 1.165) is 83.5 Å². The molecule has 0 radical (unpaired) electrons. The van der Waals surface area contributed by atoms with Crippen molar-refractivity contribution in [3.63, 3.8) is 0 Å². The van der Waals surface area contributed by atoms with Crippen LogP contribution in [0, 0.1) is 0 Å². The van der Waals surface area contributed by atoms with Crippen LogP contribution in [0.3, 0.4) is 0 Å². The first kappa shape index (κ1) is 60.9. The minimum Gasteiger partial charge on any atom is -0.462 e. The summed E-state index contributed by atoms with van der Waals surface area (Å²) in [5.74, 6) is -0.967. The van der Waals surface area contributed by atoms with Gasteiger partial charge in [-0.2, -0.15) is 0 Å². The minimum atomic E-state index is -0.802. The quantitative estimate of drug-likeness (QED) is 0.0199. The number of hydrogen-bond donors (Lipinski definition) is 0. The number of unbranched alkanes of at least 4 members (excludes halogenated alkanes) is 27. The van der Waals surface area contributed by atoms with E-state index in [1.54, 1.807) is 0 Å². The maximum atomic E-state index is 12.8. The van der Waals surface area contributed by atoms with Crippen molar-refractivity contribution in [2.24, 2.45) is 0 Å². The van der Waals surface area contributed by atoms with Crippen LogP contribution in [0.2, 0.25) is 0 Å². The van der Waals surface area contributed by atoms with Crippen molar-refractivity contribution in [2.45, 2.75) is 264 Å². The lowest BCUT2D eigenvalue weighted by atomic mass is 10.0. The van der Waals surface area contributed by atoms with E-state index in [4.69, 9.17) is 14.2 Å². The fourth-order valence-corrected chi connectivity index (χ4v) is 7.46. The lowest BCUT2D eigenvalue weighted by molar-refractivity contribution is -0.167. The van der Waals surface area contributed by atoms with Crippen LogP contribution in [0.1, 0.15) is 258 Å². The molecule has 0 aromatic rings. The highest BCUT2D eigenvalue weighted by Gasteiger charge is 2.19. The second-order valence-corrected chi connectivity index (χ2v) is 17.8. The summed E-state index contributed by atoms with van der Waals surface area (Å²) in [6.07, 6.45) is 66.1. The van der Waals surface area contributed by atoms with Crippen molar-refractivity contribution in [2.75, 3.05) is 13.2 Å². The molecule has 0 aromatic heterocycles. The van der Waals surface area contributed by atoms with E-state index in [9.17, 15) is 14.4 Å². The molecule has 1 unspecified atom stereocenters. The van der Waals surface area contributed by atoms with Gasteiger partial charge in [0, 0.05) is 19.3 Å². The van der Waals surface area contributed by atoms with Gasteiger partial charge in [-0.05, 0) is 70.6 Å². The van der Waals surface area contributed by atoms with Crippen molar-refractivity contribution >= 4 is 17.9 Å². The Hall–Kier alpha value is -3.15. The number of esters is 3. The van der Waals surface area contributed by atoms with Crippen LogP contribution in [0.4, 0.5) is 0 Å². The standard InChI is InChI=1S/C58H100O6/c1-4-7-10-13-16-19-22-25-27-29-31-33-36-39-42-45-48-51-57(60)63-54-55(53-62-56(59)50-47-44-41-38-35-32-24-21-18-15-12-9-6-3)64-58(61)52-49-46-43-40-37-34-30-28-26-23-20-17-14-11-8-5-2/h9,12,15,18,21,24-25,27,31,33,39,42,55H,4-8,10-11,13-14,16-17,19-20,22-23,26,28-30,32,34-38,40-41,43-54H2,1-3H3/b12-9-,18-15-,24-21-,27-25-,33-31-,42-39-. The molecule has 6 nitrogen and oxygen atoms in total. The summed E-state index contributed by atoms with van der Waals surface area (Å²) in [4.78, 5) is 38.0. The number of ether oxygens (including phenoxy) is 3. The summed E-state index contributed by atoms with van der Waals surface area (Å²) in [5, 5.41) is 0. The molecule has 6 heteroatoms. The van der Waals surface area contributed by atoms with Crippen LogP contribution in [-0.4, -0.2) is 37.2 Å². The van der Waals surface area contributed by atoms with Crippen molar-refractivity contribution in [1.29, 1.82) is 0 Å². The molecular formula is C58H100O6. The maximum absolute atomic E-state index is 12.8. The third kappa shape index (κ3) is 49.9. The summed E-state index contributed by atoms with van der Waals surface area (Å²) in [6.45, 7) is 6.45. The molecule has 0 amide bonds. The Labute approximate surface area is 395 Å². The molecule has 64 heavy (non-hydrogen) atoms. The highest BCUT2D eigenvalue weighted by molar-refractivity contribution is 5.71. The Morgan fingerprint density at radius 1 is 0.344 bits per heavy atom. The van der Waals surface area contributed by atoms with Crippen LogP contribution in [0.5, 0.6) is 0 Å². The molecule has 0 heterocycles. The molecule has 0 saturated carbocycles. The van der Waals surface area contributed by atoms with Gasteiger partial charge in [0.2, 0.25) is 0 Å². The third-order valence-corrected chi connectivity index (χ3v) is 11.5. The monoisotopic (exact) mass is 893 g/mol. The van der Waals surface area contributed by atoms with Crippen LogP contribution >= 0.6 is 0 Å². The van der Waals surface area contributed by atoms with Gasteiger partial charge in [-0.1, -0.05) is 241 Å². The molecule has 0 aromatic carbocycles. The van der Waals surface area contributed by atoms with Crippen molar-refractivity contribution in [1.82, 2.24) is 0 Å². The minimum absolute atomic E-state index is 0.100. The number of rotatable bonds is 48. The maximum Gasteiger partial charge on any atom is 0.306 e. The third-order valence-electron chi connectivity index (χ3n) is 11.5. The van der Waals surface area contributed by atoms with Gasteiger partial charge >= 0.3 is 17.9 Å². The second kappa shape index (κ2) is 52.5. The van der Waals surface area contributed by atoms with Crippen LogP contribution in [-0.2, 0) is 28.6 Å². The first-order valence-electron chi connectivity index (χ1n) is 27.0. The average Bonchev–Trinajstić information content (AvgIpc) is 3.29. The normalized spacial score (nSPS) is 12.6. The second-order valence-electron chi connectivity index (χ2n) is 17.8. The van der Waals surface area contributed by atoms with Crippen LogP contribution in [0.25, 0.3) is 0 Å². The van der Waals surface area contributed by atoms with Gasteiger partial charge in [-0.3, -0.25) is 14.4 Å². The van der Waals surface area contributed by atoms with Gasteiger partial charge in [0.15, 0.2) is 6.10 Å². The Kier molecular flexibility index (Phi) is 49.9. The van der Waals surface area contributed by atoms with Gasteiger partial charge in [0.1, 0.15) is 13.2 Å². The zero-order chi connectivity index (χ0) is 46.5. The van der Waals surface area contributed by atoms with Gasteiger partial charge in [-0.15, -0.1) is 0 Å². The van der Waals surface area contributed by atoms with Crippen molar-refractivity contribution in [3.8, 4) is 0 Å². The molecule has 0 aliphatic carbocycles. The summed E-state index contributed by atoms with van der Waals surface area (Å²) in [5.41, 5.74) is 0. The summed E-state index contributed by atoms with van der Waals surface area (Å²) in [7, 11) is 0. The number of carbonyl (C=O) groups excluding carboxylic acids is 3. The highest BCUT2D eigenvalue weighted by atomic mass is 16.6. The predicted octanol–water partition coefficient (Wildman–Crippen LogP) is 17.8. The smallest absolute Gasteiger partial charge is 0.306 e. The number of hydrogen-bond acceptors (Lipinski definition) is 6. The highest BCUT2D eigenvalue weighted by Crippen LogP contribution is 2.15. The lowest BCUT2D eigenvalue weighted by Crippen LogP contribution is -2.30. The van der Waals surface area contributed by atoms with E-state index < -0.39 is 6.10 Å². The topological polar surface area (TPSA) is 78.9 Å². The van der Waals surface area contributed by atoms with Gasteiger partial charge in [0.05, 0.1) is 0 Å². The van der Waals surface area contributed by atoms with Gasteiger partial charge in [0.25, 0.3) is 0 Å². The summed E-state index contributed by atoms with van der Waals surface area (Å²) in [6, 6.07) is 0. The zero-order valence-electron chi connectivity index (χ0n) is 42.0. The molecule has 0 fully saturated rings. The Balaban J connectivity index is 4.46. The number of allylic oxidation sites excluding steroid dienone is 12. The van der Waals surface area contributed by atoms with Gasteiger partial charge < -0.3 is 14.2 Å².